The summed E-state index contributed by atoms with van der Waals surface area (Å²) in [5.41, 5.74) is 6.32. The van der Waals surface area contributed by atoms with Crippen molar-refractivity contribution in [2.45, 2.75) is 13.0 Å². The van der Waals surface area contributed by atoms with Crippen molar-refractivity contribution >= 4 is 16.9 Å². The number of pyridine rings is 1. The summed E-state index contributed by atoms with van der Waals surface area (Å²) in [7, 11) is 0. The average Bonchev–Trinajstić information content (AvgIpc) is 2.69. The Morgan fingerprint density at radius 3 is 3.20 bits per heavy atom. The lowest BCUT2D eigenvalue weighted by Crippen LogP contribution is -2.14. The molecule has 0 fully saturated rings. The number of nitrogens with zero attached hydrogens (tertiary/aromatic N) is 3. The number of aryl methyl sites for hydroxylation is 1. The quantitative estimate of drug-likeness (QED) is 0.341. The molecule has 0 saturated carbocycles. The Morgan fingerprint density at radius 2 is 2.40 bits per heavy atom. The lowest BCUT2D eigenvalue weighted by atomic mass is 10.3. The Kier molecular flexibility index (Phi) is 2.53. The van der Waals surface area contributed by atoms with Gasteiger partial charge < -0.3 is 15.5 Å². The van der Waals surface area contributed by atoms with Gasteiger partial charge >= 0.3 is 0 Å². The van der Waals surface area contributed by atoms with Gasteiger partial charge in [-0.3, -0.25) is 0 Å². The third kappa shape index (κ3) is 1.90. The molecule has 2 rings (SSSR count). The lowest BCUT2D eigenvalue weighted by Gasteiger charge is -2.02. The minimum Gasteiger partial charge on any atom is -0.409 e. The molecule has 0 atom stereocenters. The molecule has 0 spiro atoms. The molecule has 78 valence electrons. The Labute approximate surface area is 86.8 Å². The second kappa shape index (κ2) is 4.00. The van der Waals surface area contributed by atoms with E-state index in [1.54, 1.807) is 6.20 Å². The zero-order valence-electron chi connectivity index (χ0n) is 8.17. The van der Waals surface area contributed by atoms with Gasteiger partial charge in [0, 0.05) is 30.7 Å². The summed E-state index contributed by atoms with van der Waals surface area (Å²) >= 11 is 0. The van der Waals surface area contributed by atoms with E-state index in [-0.39, 0.29) is 5.84 Å². The van der Waals surface area contributed by atoms with Gasteiger partial charge in [-0.25, -0.2) is 4.98 Å². The molecular formula is C10H12N4O. The van der Waals surface area contributed by atoms with E-state index in [2.05, 4.69) is 10.1 Å². The normalized spacial score (nSPS) is 12.1. The van der Waals surface area contributed by atoms with Gasteiger partial charge in [0.15, 0.2) is 0 Å². The van der Waals surface area contributed by atoms with Crippen LogP contribution in [0, 0.1) is 0 Å². The van der Waals surface area contributed by atoms with E-state index in [1.807, 2.05) is 29.0 Å². The number of oxime groups is 1. The highest BCUT2D eigenvalue weighted by molar-refractivity contribution is 5.80. The first-order chi connectivity index (χ1) is 7.31. The van der Waals surface area contributed by atoms with Crippen LogP contribution in [0.2, 0.25) is 0 Å². The minimum absolute atomic E-state index is 0.229. The number of rotatable bonds is 3. The van der Waals surface area contributed by atoms with Gasteiger partial charge in [0.2, 0.25) is 0 Å². The number of fused-ring (bicyclic) bond motifs is 1. The van der Waals surface area contributed by atoms with Crippen molar-refractivity contribution in [2.24, 2.45) is 10.9 Å². The lowest BCUT2D eigenvalue weighted by molar-refractivity contribution is 0.316. The summed E-state index contributed by atoms with van der Waals surface area (Å²) in [6.45, 7) is 0.663. The second-order valence-electron chi connectivity index (χ2n) is 3.27. The summed E-state index contributed by atoms with van der Waals surface area (Å²) < 4.78 is 1.98. The van der Waals surface area contributed by atoms with Crippen LogP contribution < -0.4 is 5.73 Å². The standard InChI is InChI=1S/C10H12N4O/c11-9(13-15)4-7-14-6-3-8-2-1-5-12-10(8)14/h1-3,5-6,15H,4,7H2,(H2,11,13). The summed E-state index contributed by atoms with van der Waals surface area (Å²) in [6.07, 6.45) is 4.21. The molecule has 3 N–H and O–H groups in total. The van der Waals surface area contributed by atoms with E-state index in [4.69, 9.17) is 10.9 Å². The SMILES string of the molecule is N/C(CCn1ccc2cccnc21)=N\O. The maximum absolute atomic E-state index is 8.41. The van der Waals surface area contributed by atoms with Crippen molar-refractivity contribution in [2.75, 3.05) is 0 Å². The van der Waals surface area contributed by atoms with Crippen molar-refractivity contribution in [3.8, 4) is 0 Å². The molecule has 2 aromatic rings. The van der Waals surface area contributed by atoms with E-state index in [9.17, 15) is 0 Å². The summed E-state index contributed by atoms with van der Waals surface area (Å²) in [5, 5.41) is 12.4. The summed E-state index contributed by atoms with van der Waals surface area (Å²) in [5.74, 6) is 0.229. The van der Waals surface area contributed by atoms with Gasteiger partial charge in [0.25, 0.3) is 0 Å². The van der Waals surface area contributed by atoms with Crippen LogP contribution in [-0.2, 0) is 6.54 Å². The summed E-state index contributed by atoms with van der Waals surface area (Å²) in [6, 6.07) is 5.90. The fourth-order valence-corrected chi connectivity index (χ4v) is 1.49. The van der Waals surface area contributed by atoms with Crippen LogP contribution in [0.25, 0.3) is 11.0 Å². The monoisotopic (exact) mass is 204 g/mol. The number of aromatic nitrogens is 2. The fraction of sp³-hybridized carbons (Fsp3) is 0.200. The second-order valence-corrected chi connectivity index (χ2v) is 3.27. The maximum atomic E-state index is 8.41. The zero-order valence-corrected chi connectivity index (χ0v) is 8.17. The Bertz CT molecular complexity index is 489. The minimum atomic E-state index is 0.229. The molecule has 0 unspecified atom stereocenters. The molecule has 0 aliphatic heterocycles. The van der Waals surface area contributed by atoms with Crippen LogP contribution in [0.5, 0.6) is 0 Å². The van der Waals surface area contributed by atoms with Crippen LogP contribution in [0.4, 0.5) is 0 Å². The van der Waals surface area contributed by atoms with Gasteiger partial charge in [-0.1, -0.05) is 5.16 Å². The largest absolute Gasteiger partial charge is 0.409 e. The topological polar surface area (TPSA) is 76.4 Å². The molecule has 2 aromatic heterocycles. The average molecular weight is 204 g/mol. The van der Waals surface area contributed by atoms with Crippen molar-refractivity contribution in [1.82, 2.24) is 9.55 Å². The van der Waals surface area contributed by atoms with Crippen LogP contribution in [-0.4, -0.2) is 20.6 Å². The highest BCUT2D eigenvalue weighted by atomic mass is 16.4. The molecule has 0 radical (unpaired) electrons. The first kappa shape index (κ1) is 9.51. The molecule has 2 heterocycles. The van der Waals surface area contributed by atoms with Crippen molar-refractivity contribution in [1.29, 1.82) is 0 Å². The first-order valence-electron chi connectivity index (χ1n) is 4.67. The summed E-state index contributed by atoms with van der Waals surface area (Å²) in [4.78, 5) is 4.26. The molecule has 0 bridgehead atoms. The highest BCUT2D eigenvalue weighted by Crippen LogP contribution is 2.12. The smallest absolute Gasteiger partial charge is 0.140 e. The predicted molar refractivity (Wildman–Crippen MR) is 57.8 cm³/mol. The number of amidine groups is 1. The van der Waals surface area contributed by atoms with Crippen LogP contribution >= 0.6 is 0 Å². The molecule has 0 aliphatic carbocycles. The van der Waals surface area contributed by atoms with E-state index in [1.165, 1.54) is 0 Å². The van der Waals surface area contributed by atoms with Gasteiger partial charge in [-0.15, -0.1) is 0 Å². The van der Waals surface area contributed by atoms with Crippen molar-refractivity contribution in [3.05, 3.63) is 30.6 Å². The zero-order chi connectivity index (χ0) is 10.7. The van der Waals surface area contributed by atoms with Gasteiger partial charge in [-0.2, -0.15) is 0 Å². The molecule has 0 amide bonds. The third-order valence-corrected chi connectivity index (χ3v) is 2.26. The maximum Gasteiger partial charge on any atom is 0.140 e. The number of nitrogens with two attached hydrogens (primary N) is 1. The molecule has 0 aromatic carbocycles. The van der Waals surface area contributed by atoms with E-state index >= 15 is 0 Å². The Balaban J connectivity index is 2.22. The van der Waals surface area contributed by atoms with Crippen LogP contribution in [0.1, 0.15) is 6.42 Å². The van der Waals surface area contributed by atoms with E-state index in [0.29, 0.717) is 13.0 Å². The van der Waals surface area contributed by atoms with Crippen molar-refractivity contribution in [3.63, 3.8) is 0 Å². The molecule has 0 saturated heterocycles. The molecule has 5 heteroatoms. The Morgan fingerprint density at radius 1 is 1.53 bits per heavy atom. The predicted octanol–water partition coefficient (Wildman–Crippen LogP) is 1.17. The Hall–Kier alpha value is -2.04. The van der Waals surface area contributed by atoms with E-state index < -0.39 is 0 Å². The van der Waals surface area contributed by atoms with Crippen molar-refractivity contribution < 1.29 is 5.21 Å². The van der Waals surface area contributed by atoms with Crippen LogP contribution in [0.3, 0.4) is 0 Å². The van der Waals surface area contributed by atoms with E-state index in [0.717, 1.165) is 11.0 Å². The number of hydrogen-bond donors (Lipinski definition) is 2. The highest BCUT2D eigenvalue weighted by Gasteiger charge is 2.01. The first-order valence-corrected chi connectivity index (χ1v) is 4.67. The molecule has 15 heavy (non-hydrogen) atoms. The molecule has 5 nitrogen and oxygen atoms in total. The third-order valence-electron chi connectivity index (χ3n) is 2.26. The molecule has 0 aliphatic rings. The van der Waals surface area contributed by atoms with Gasteiger partial charge in [0.1, 0.15) is 11.5 Å². The van der Waals surface area contributed by atoms with Gasteiger partial charge in [-0.05, 0) is 18.2 Å². The van der Waals surface area contributed by atoms with Gasteiger partial charge in [0.05, 0.1) is 0 Å². The number of hydrogen-bond acceptors (Lipinski definition) is 3. The van der Waals surface area contributed by atoms with Crippen LogP contribution in [0.15, 0.2) is 35.7 Å². The molecular weight excluding hydrogens is 192 g/mol. The fourth-order valence-electron chi connectivity index (χ4n) is 1.49.